The SMILES string of the molecule is CC1(C)C(O)CC1Nc1ccnc2ccccc12. The Hall–Kier alpha value is -1.61. The smallest absolute Gasteiger partial charge is 0.0722 e. The molecule has 0 spiro atoms. The zero-order valence-electron chi connectivity index (χ0n) is 10.7. The second-order valence-corrected chi connectivity index (χ2v) is 5.65. The van der Waals surface area contributed by atoms with Crippen LogP contribution in [0.2, 0.25) is 0 Å². The van der Waals surface area contributed by atoms with Gasteiger partial charge in [0.2, 0.25) is 0 Å². The topological polar surface area (TPSA) is 45.1 Å². The summed E-state index contributed by atoms with van der Waals surface area (Å²) in [6.07, 6.45) is 2.43. The Bertz CT molecular complexity index is 574. The van der Waals surface area contributed by atoms with Gasteiger partial charge in [-0.1, -0.05) is 32.0 Å². The summed E-state index contributed by atoms with van der Waals surface area (Å²) in [7, 11) is 0. The Balaban J connectivity index is 1.92. The minimum atomic E-state index is -0.205. The first-order valence-electron chi connectivity index (χ1n) is 6.37. The minimum absolute atomic E-state index is 0.0651. The first kappa shape index (κ1) is 11.5. The van der Waals surface area contributed by atoms with Crippen LogP contribution in [0.15, 0.2) is 36.5 Å². The highest BCUT2D eigenvalue weighted by Gasteiger charge is 2.47. The first-order valence-corrected chi connectivity index (χ1v) is 6.37. The van der Waals surface area contributed by atoms with Crippen LogP contribution >= 0.6 is 0 Å². The molecule has 2 atom stereocenters. The number of nitrogens with one attached hydrogen (secondary N) is 1. The average molecular weight is 242 g/mol. The van der Waals surface area contributed by atoms with Crippen molar-refractivity contribution in [1.82, 2.24) is 4.98 Å². The molecule has 0 aliphatic heterocycles. The molecular weight excluding hydrogens is 224 g/mol. The van der Waals surface area contributed by atoms with Crippen molar-refractivity contribution in [3.8, 4) is 0 Å². The number of anilines is 1. The number of hydrogen-bond acceptors (Lipinski definition) is 3. The molecule has 1 fully saturated rings. The van der Waals surface area contributed by atoms with Crippen LogP contribution in [-0.4, -0.2) is 22.2 Å². The standard InChI is InChI=1S/C15H18N2O/c1-15(2)13(9-14(15)18)17-12-7-8-16-11-6-4-3-5-10(11)12/h3-8,13-14,18H,9H2,1-2H3,(H,16,17). The number of aliphatic hydroxyl groups is 1. The van der Waals surface area contributed by atoms with Crippen molar-refractivity contribution in [1.29, 1.82) is 0 Å². The van der Waals surface area contributed by atoms with Crippen molar-refractivity contribution in [2.24, 2.45) is 5.41 Å². The molecular formula is C15H18N2O. The Kier molecular flexibility index (Phi) is 2.52. The molecule has 1 aromatic heterocycles. The lowest BCUT2D eigenvalue weighted by Gasteiger charge is -2.50. The molecule has 1 heterocycles. The van der Waals surface area contributed by atoms with Gasteiger partial charge in [-0.05, 0) is 18.6 Å². The van der Waals surface area contributed by atoms with E-state index in [0.717, 1.165) is 23.0 Å². The summed E-state index contributed by atoms with van der Waals surface area (Å²) in [5, 5.41) is 14.5. The molecule has 3 rings (SSSR count). The van der Waals surface area contributed by atoms with Gasteiger partial charge in [0.15, 0.2) is 0 Å². The summed E-state index contributed by atoms with van der Waals surface area (Å²) in [4.78, 5) is 4.35. The molecule has 1 aliphatic carbocycles. The van der Waals surface area contributed by atoms with E-state index >= 15 is 0 Å². The number of aromatic nitrogens is 1. The zero-order chi connectivity index (χ0) is 12.8. The van der Waals surface area contributed by atoms with Crippen LogP contribution in [0.25, 0.3) is 10.9 Å². The van der Waals surface area contributed by atoms with E-state index in [1.807, 2.05) is 30.5 Å². The maximum absolute atomic E-state index is 9.79. The van der Waals surface area contributed by atoms with Gasteiger partial charge in [-0.15, -0.1) is 0 Å². The van der Waals surface area contributed by atoms with Gasteiger partial charge >= 0.3 is 0 Å². The Morgan fingerprint density at radius 3 is 2.78 bits per heavy atom. The predicted octanol–water partition coefficient (Wildman–Crippen LogP) is 2.81. The van der Waals surface area contributed by atoms with Crippen molar-refractivity contribution in [3.05, 3.63) is 36.5 Å². The number of para-hydroxylation sites is 1. The number of nitrogens with zero attached hydrogens (tertiary/aromatic N) is 1. The molecule has 0 amide bonds. The fourth-order valence-corrected chi connectivity index (χ4v) is 2.56. The molecule has 3 nitrogen and oxygen atoms in total. The van der Waals surface area contributed by atoms with Gasteiger partial charge in [0, 0.05) is 28.7 Å². The molecule has 18 heavy (non-hydrogen) atoms. The van der Waals surface area contributed by atoms with E-state index in [-0.39, 0.29) is 11.5 Å². The number of aliphatic hydroxyl groups excluding tert-OH is 1. The molecule has 2 aromatic rings. The number of hydrogen-bond donors (Lipinski definition) is 2. The lowest BCUT2D eigenvalue weighted by Crippen LogP contribution is -2.56. The van der Waals surface area contributed by atoms with E-state index < -0.39 is 0 Å². The molecule has 0 bridgehead atoms. The van der Waals surface area contributed by atoms with Gasteiger partial charge in [-0.3, -0.25) is 4.98 Å². The molecule has 1 aliphatic rings. The normalized spacial score (nSPS) is 25.7. The summed E-state index contributed by atoms with van der Waals surface area (Å²) >= 11 is 0. The van der Waals surface area contributed by atoms with E-state index in [9.17, 15) is 5.11 Å². The van der Waals surface area contributed by atoms with Crippen molar-refractivity contribution in [2.45, 2.75) is 32.4 Å². The molecule has 3 heteroatoms. The molecule has 1 saturated carbocycles. The van der Waals surface area contributed by atoms with E-state index in [1.165, 1.54) is 0 Å². The second-order valence-electron chi connectivity index (χ2n) is 5.65. The van der Waals surface area contributed by atoms with E-state index in [1.54, 1.807) is 0 Å². The lowest BCUT2D eigenvalue weighted by molar-refractivity contribution is -0.0510. The largest absolute Gasteiger partial charge is 0.392 e. The van der Waals surface area contributed by atoms with Crippen LogP contribution in [0.3, 0.4) is 0 Å². The van der Waals surface area contributed by atoms with Crippen LogP contribution in [0, 0.1) is 5.41 Å². The first-order chi connectivity index (χ1) is 8.59. The quantitative estimate of drug-likeness (QED) is 0.851. The Morgan fingerprint density at radius 1 is 1.28 bits per heavy atom. The molecule has 2 N–H and O–H groups in total. The van der Waals surface area contributed by atoms with Gasteiger partial charge in [0.1, 0.15) is 0 Å². The Labute approximate surface area is 107 Å². The van der Waals surface area contributed by atoms with Crippen LogP contribution < -0.4 is 5.32 Å². The zero-order valence-corrected chi connectivity index (χ0v) is 10.7. The van der Waals surface area contributed by atoms with Gasteiger partial charge in [-0.2, -0.15) is 0 Å². The number of fused-ring (bicyclic) bond motifs is 1. The predicted molar refractivity (Wildman–Crippen MR) is 73.6 cm³/mol. The summed E-state index contributed by atoms with van der Waals surface area (Å²) in [5.74, 6) is 0. The van der Waals surface area contributed by atoms with Crippen molar-refractivity contribution in [2.75, 3.05) is 5.32 Å². The highest BCUT2D eigenvalue weighted by Crippen LogP contribution is 2.42. The third-order valence-corrected chi connectivity index (χ3v) is 4.19. The average Bonchev–Trinajstić information content (AvgIpc) is 2.39. The number of pyridine rings is 1. The maximum Gasteiger partial charge on any atom is 0.0722 e. The van der Waals surface area contributed by atoms with Gasteiger partial charge < -0.3 is 10.4 Å². The molecule has 1 aromatic carbocycles. The van der Waals surface area contributed by atoms with Gasteiger partial charge in [0.25, 0.3) is 0 Å². The minimum Gasteiger partial charge on any atom is -0.392 e. The fraction of sp³-hybridized carbons (Fsp3) is 0.400. The van der Waals surface area contributed by atoms with Crippen LogP contribution in [-0.2, 0) is 0 Å². The van der Waals surface area contributed by atoms with Crippen LogP contribution in [0.1, 0.15) is 20.3 Å². The summed E-state index contributed by atoms with van der Waals surface area (Å²) in [6, 6.07) is 10.4. The maximum atomic E-state index is 9.79. The molecule has 0 radical (unpaired) electrons. The molecule has 94 valence electrons. The van der Waals surface area contributed by atoms with Crippen molar-refractivity contribution >= 4 is 16.6 Å². The van der Waals surface area contributed by atoms with Crippen LogP contribution in [0.4, 0.5) is 5.69 Å². The summed E-state index contributed by atoms with van der Waals surface area (Å²) in [5.41, 5.74) is 2.04. The van der Waals surface area contributed by atoms with Crippen molar-refractivity contribution in [3.63, 3.8) is 0 Å². The van der Waals surface area contributed by atoms with E-state index in [4.69, 9.17) is 0 Å². The fourth-order valence-electron chi connectivity index (χ4n) is 2.56. The van der Waals surface area contributed by atoms with E-state index in [2.05, 4.69) is 30.2 Å². The number of benzene rings is 1. The monoisotopic (exact) mass is 242 g/mol. The van der Waals surface area contributed by atoms with E-state index in [0.29, 0.717) is 6.04 Å². The lowest BCUT2D eigenvalue weighted by atomic mass is 9.64. The van der Waals surface area contributed by atoms with Gasteiger partial charge in [0.05, 0.1) is 11.6 Å². The highest BCUT2D eigenvalue weighted by atomic mass is 16.3. The van der Waals surface area contributed by atoms with Gasteiger partial charge in [-0.25, -0.2) is 0 Å². The summed E-state index contributed by atoms with van der Waals surface area (Å²) < 4.78 is 0. The molecule has 0 saturated heterocycles. The summed E-state index contributed by atoms with van der Waals surface area (Å²) in [6.45, 7) is 4.20. The third kappa shape index (κ3) is 1.66. The Morgan fingerprint density at radius 2 is 2.06 bits per heavy atom. The van der Waals surface area contributed by atoms with Crippen molar-refractivity contribution < 1.29 is 5.11 Å². The number of rotatable bonds is 2. The molecule has 2 unspecified atom stereocenters. The third-order valence-electron chi connectivity index (χ3n) is 4.19. The second kappa shape index (κ2) is 3.95. The highest BCUT2D eigenvalue weighted by molar-refractivity contribution is 5.91. The van der Waals surface area contributed by atoms with Crippen LogP contribution in [0.5, 0.6) is 0 Å².